The van der Waals surface area contributed by atoms with Gasteiger partial charge in [-0.2, -0.15) is 4.31 Å². The molecule has 4 rings (SSSR count). The zero-order valence-electron chi connectivity index (χ0n) is 16.5. The lowest BCUT2D eigenvalue weighted by atomic mass is 10.1. The molecule has 1 aromatic heterocycles. The van der Waals surface area contributed by atoms with Crippen molar-refractivity contribution in [3.8, 4) is 0 Å². The molecule has 1 saturated heterocycles. The van der Waals surface area contributed by atoms with Crippen molar-refractivity contribution in [2.75, 3.05) is 18.4 Å². The monoisotopic (exact) mass is 445 g/mol. The van der Waals surface area contributed by atoms with Crippen molar-refractivity contribution in [3.63, 3.8) is 0 Å². The molecule has 0 aliphatic carbocycles. The maximum Gasteiger partial charge on any atom is 0.244 e. The Kier molecular flexibility index (Phi) is 6.13. The molecule has 1 aliphatic rings. The minimum atomic E-state index is -3.68. The number of para-hydroxylation sites is 1. The molecule has 2 heterocycles. The molecule has 0 unspecified atom stereocenters. The van der Waals surface area contributed by atoms with Crippen LogP contribution in [0.5, 0.6) is 0 Å². The number of halogens is 1. The van der Waals surface area contributed by atoms with Crippen molar-refractivity contribution in [3.05, 3.63) is 59.2 Å². The van der Waals surface area contributed by atoms with Gasteiger partial charge in [-0.3, -0.25) is 4.79 Å². The number of sulfonamides is 1. The molecule has 6 nitrogen and oxygen atoms in total. The molecule has 1 aliphatic heterocycles. The van der Waals surface area contributed by atoms with E-state index in [2.05, 4.69) is 10.3 Å². The third kappa shape index (κ3) is 4.38. The second-order valence-corrected chi connectivity index (χ2v) is 9.83. The predicted molar refractivity (Wildman–Crippen MR) is 119 cm³/mol. The number of aromatic amines is 1. The summed E-state index contributed by atoms with van der Waals surface area (Å²) in [7, 11) is -3.68. The number of fused-ring (bicyclic) bond motifs is 1. The van der Waals surface area contributed by atoms with E-state index in [4.69, 9.17) is 11.6 Å². The standard InChI is InChI=1S/C22H24ClN3O3S/c23-19-10-9-17(14-21(19)30(28,29)26-12-4-1-5-13-26)25-22(27)11-8-16-15-24-20-7-3-2-6-18(16)20/h2-3,6-7,9-10,14-15,24H,1,4-5,8,11-13H2,(H,25,27). The lowest BCUT2D eigenvalue weighted by molar-refractivity contribution is -0.116. The van der Waals surface area contributed by atoms with E-state index in [-0.39, 0.29) is 15.8 Å². The van der Waals surface area contributed by atoms with Crippen LogP contribution >= 0.6 is 11.6 Å². The lowest BCUT2D eigenvalue weighted by Crippen LogP contribution is -2.35. The van der Waals surface area contributed by atoms with Crippen molar-refractivity contribution >= 4 is 44.1 Å². The van der Waals surface area contributed by atoms with E-state index in [0.717, 1.165) is 35.7 Å². The van der Waals surface area contributed by atoms with Gasteiger partial charge in [0.2, 0.25) is 15.9 Å². The number of anilines is 1. The molecular weight excluding hydrogens is 422 g/mol. The SMILES string of the molecule is O=C(CCc1c[nH]c2ccccc12)Nc1ccc(Cl)c(S(=O)(=O)N2CCCCC2)c1. The van der Waals surface area contributed by atoms with Crippen LogP contribution in [0.3, 0.4) is 0 Å². The highest BCUT2D eigenvalue weighted by Gasteiger charge is 2.28. The minimum absolute atomic E-state index is 0.0421. The van der Waals surface area contributed by atoms with Crippen LogP contribution < -0.4 is 5.32 Å². The number of rotatable bonds is 6. The highest BCUT2D eigenvalue weighted by atomic mass is 35.5. The fraction of sp³-hybridized carbons (Fsp3) is 0.318. The molecule has 2 aromatic carbocycles. The Morgan fingerprint density at radius 3 is 2.67 bits per heavy atom. The van der Waals surface area contributed by atoms with E-state index >= 15 is 0 Å². The number of aromatic nitrogens is 1. The van der Waals surface area contributed by atoms with Gasteiger partial charge in [0.15, 0.2) is 0 Å². The molecule has 30 heavy (non-hydrogen) atoms. The summed E-state index contributed by atoms with van der Waals surface area (Å²) in [6.07, 6.45) is 5.53. The van der Waals surface area contributed by atoms with Gasteiger partial charge in [-0.15, -0.1) is 0 Å². The Bertz CT molecular complexity index is 1170. The zero-order valence-corrected chi connectivity index (χ0v) is 18.1. The molecule has 8 heteroatoms. The van der Waals surface area contributed by atoms with Crippen LogP contribution in [0.1, 0.15) is 31.2 Å². The van der Waals surface area contributed by atoms with Gasteiger partial charge in [-0.1, -0.05) is 36.2 Å². The average molecular weight is 446 g/mol. The number of carbonyl (C=O) groups excluding carboxylic acids is 1. The largest absolute Gasteiger partial charge is 0.361 e. The third-order valence-corrected chi connectivity index (χ3v) is 7.82. The number of hydrogen-bond donors (Lipinski definition) is 2. The Labute approximate surface area is 181 Å². The molecular formula is C22H24ClN3O3S. The second-order valence-electron chi connectivity index (χ2n) is 7.52. The van der Waals surface area contributed by atoms with Crippen LogP contribution in [-0.4, -0.2) is 36.7 Å². The molecule has 1 fully saturated rings. The number of benzene rings is 2. The first-order valence-corrected chi connectivity index (χ1v) is 11.9. The molecule has 3 aromatic rings. The predicted octanol–water partition coefficient (Wildman–Crippen LogP) is 4.57. The van der Waals surface area contributed by atoms with Crippen LogP contribution in [0.15, 0.2) is 53.6 Å². The van der Waals surface area contributed by atoms with Gasteiger partial charge in [0.25, 0.3) is 0 Å². The number of nitrogens with one attached hydrogen (secondary N) is 2. The molecule has 2 N–H and O–H groups in total. The van der Waals surface area contributed by atoms with Gasteiger partial charge >= 0.3 is 0 Å². The van der Waals surface area contributed by atoms with E-state index < -0.39 is 10.0 Å². The number of piperidine rings is 1. The Morgan fingerprint density at radius 1 is 1.10 bits per heavy atom. The van der Waals surface area contributed by atoms with Crippen molar-refractivity contribution in [1.82, 2.24) is 9.29 Å². The number of aryl methyl sites for hydroxylation is 1. The van der Waals surface area contributed by atoms with Crippen molar-refractivity contribution < 1.29 is 13.2 Å². The summed E-state index contributed by atoms with van der Waals surface area (Å²) in [5.74, 6) is -0.177. The van der Waals surface area contributed by atoms with E-state index in [0.29, 0.717) is 31.6 Å². The summed E-state index contributed by atoms with van der Waals surface area (Å²) in [5, 5.41) is 4.07. The summed E-state index contributed by atoms with van der Waals surface area (Å²) in [6, 6.07) is 12.6. The fourth-order valence-electron chi connectivity index (χ4n) is 3.83. The van der Waals surface area contributed by atoms with Gasteiger partial charge in [-0.25, -0.2) is 8.42 Å². The van der Waals surface area contributed by atoms with Gasteiger partial charge in [-0.05, 0) is 49.1 Å². The van der Waals surface area contributed by atoms with E-state index in [1.807, 2.05) is 30.5 Å². The molecule has 0 atom stereocenters. The van der Waals surface area contributed by atoms with Crippen LogP contribution in [0.25, 0.3) is 10.9 Å². The summed E-state index contributed by atoms with van der Waals surface area (Å²) in [5.41, 5.74) is 2.54. The summed E-state index contributed by atoms with van der Waals surface area (Å²) in [4.78, 5) is 15.7. The van der Waals surface area contributed by atoms with Gasteiger partial charge in [0, 0.05) is 42.3 Å². The first-order chi connectivity index (χ1) is 14.4. The van der Waals surface area contributed by atoms with E-state index in [1.54, 1.807) is 6.07 Å². The first kappa shape index (κ1) is 20.9. The topological polar surface area (TPSA) is 82.3 Å². The molecule has 0 saturated carbocycles. The van der Waals surface area contributed by atoms with E-state index in [1.165, 1.54) is 16.4 Å². The maximum absolute atomic E-state index is 13.0. The van der Waals surface area contributed by atoms with Gasteiger partial charge in [0.1, 0.15) is 4.90 Å². The van der Waals surface area contributed by atoms with Crippen LogP contribution in [-0.2, 0) is 21.2 Å². The van der Waals surface area contributed by atoms with Crippen LogP contribution in [0.2, 0.25) is 5.02 Å². The summed E-state index contributed by atoms with van der Waals surface area (Å²) >= 11 is 6.20. The summed E-state index contributed by atoms with van der Waals surface area (Å²) < 4.78 is 27.4. The Balaban J connectivity index is 1.45. The highest BCUT2D eigenvalue weighted by Crippen LogP contribution is 2.29. The smallest absolute Gasteiger partial charge is 0.244 e. The maximum atomic E-state index is 13.0. The number of H-pyrrole nitrogens is 1. The van der Waals surface area contributed by atoms with Crippen molar-refractivity contribution in [2.45, 2.75) is 37.0 Å². The van der Waals surface area contributed by atoms with Crippen LogP contribution in [0.4, 0.5) is 5.69 Å². The number of carbonyl (C=O) groups is 1. The molecule has 0 radical (unpaired) electrons. The van der Waals surface area contributed by atoms with Gasteiger partial charge < -0.3 is 10.3 Å². The first-order valence-electron chi connectivity index (χ1n) is 10.1. The average Bonchev–Trinajstić information content (AvgIpc) is 3.17. The fourth-order valence-corrected chi connectivity index (χ4v) is 5.85. The normalized spacial score (nSPS) is 15.4. The molecule has 0 spiro atoms. The zero-order chi connectivity index (χ0) is 21.1. The quantitative estimate of drug-likeness (QED) is 0.583. The molecule has 0 bridgehead atoms. The molecule has 1 amide bonds. The third-order valence-electron chi connectivity index (χ3n) is 5.44. The molecule has 158 valence electrons. The number of hydrogen-bond acceptors (Lipinski definition) is 3. The van der Waals surface area contributed by atoms with Gasteiger partial charge in [0.05, 0.1) is 5.02 Å². The number of amides is 1. The second kappa shape index (κ2) is 8.79. The Morgan fingerprint density at radius 2 is 1.87 bits per heavy atom. The lowest BCUT2D eigenvalue weighted by Gasteiger charge is -2.26. The van der Waals surface area contributed by atoms with Crippen LogP contribution in [0, 0.1) is 0 Å². The Hall–Kier alpha value is -2.35. The highest BCUT2D eigenvalue weighted by molar-refractivity contribution is 7.89. The summed E-state index contributed by atoms with van der Waals surface area (Å²) in [6.45, 7) is 1.000. The number of nitrogens with zero attached hydrogens (tertiary/aromatic N) is 1. The van der Waals surface area contributed by atoms with Crippen molar-refractivity contribution in [1.29, 1.82) is 0 Å². The van der Waals surface area contributed by atoms with E-state index in [9.17, 15) is 13.2 Å². The van der Waals surface area contributed by atoms with Crippen molar-refractivity contribution in [2.24, 2.45) is 0 Å². The minimum Gasteiger partial charge on any atom is -0.361 e.